The molecule has 0 amide bonds. The van der Waals surface area contributed by atoms with Crippen molar-refractivity contribution >= 4 is 23.2 Å². The van der Waals surface area contributed by atoms with Crippen LogP contribution in [0.3, 0.4) is 0 Å². The van der Waals surface area contributed by atoms with E-state index in [0.717, 1.165) is 19.5 Å². The summed E-state index contributed by atoms with van der Waals surface area (Å²) >= 11 is 11.2. The Kier molecular flexibility index (Phi) is 4.71. The van der Waals surface area contributed by atoms with E-state index < -0.39 is 0 Å². The number of hydrogen-bond acceptors (Lipinski definition) is 2. The van der Waals surface area contributed by atoms with Gasteiger partial charge in [-0.15, -0.1) is 0 Å². The molecular formula is C10H17Cl2NO. The normalized spacial score (nSPS) is 27.7. The van der Waals surface area contributed by atoms with Crippen LogP contribution < -0.4 is 5.32 Å². The molecule has 14 heavy (non-hydrogen) atoms. The van der Waals surface area contributed by atoms with Gasteiger partial charge in [0, 0.05) is 17.5 Å². The van der Waals surface area contributed by atoms with E-state index in [-0.39, 0.29) is 11.5 Å². The van der Waals surface area contributed by atoms with Crippen molar-refractivity contribution in [3.63, 3.8) is 0 Å². The largest absolute Gasteiger partial charge is 0.372 e. The zero-order valence-corrected chi connectivity index (χ0v) is 10.2. The molecule has 1 unspecified atom stereocenters. The van der Waals surface area contributed by atoms with Gasteiger partial charge in [-0.3, -0.25) is 0 Å². The van der Waals surface area contributed by atoms with E-state index in [9.17, 15) is 0 Å². The van der Waals surface area contributed by atoms with Gasteiger partial charge in [0.25, 0.3) is 0 Å². The Bertz CT molecular complexity index is 216. The summed E-state index contributed by atoms with van der Waals surface area (Å²) in [5.41, 5.74) is 1.53. The Morgan fingerprint density at radius 2 is 2.36 bits per heavy atom. The van der Waals surface area contributed by atoms with Crippen molar-refractivity contribution in [3.8, 4) is 0 Å². The second kappa shape index (κ2) is 5.36. The summed E-state index contributed by atoms with van der Waals surface area (Å²) < 4.78 is 5.73. The van der Waals surface area contributed by atoms with Gasteiger partial charge >= 0.3 is 0 Å². The second-order valence-electron chi connectivity index (χ2n) is 4.31. The Balaban J connectivity index is 2.42. The Morgan fingerprint density at radius 1 is 1.64 bits per heavy atom. The highest BCUT2D eigenvalue weighted by Crippen LogP contribution is 2.28. The fraction of sp³-hybridized carbons (Fsp3) is 0.800. The molecule has 2 nitrogen and oxygen atoms in total. The van der Waals surface area contributed by atoms with Crippen molar-refractivity contribution in [2.24, 2.45) is 5.41 Å². The van der Waals surface area contributed by atoms with E-state index in [0.29, 0.717) is 11.6 Å². The maximum atomic E-state index is 5.77. The molecule has 0 saturated carbocycles. The minimum absolute atomic E-state index is 0.168. The number of halogens is 2. The van der Waals surface area contributed by atoms with Crippen LogP contribution in [0.2, 0.25) is 0 Å². The molecule has 1 N–H and O–H groups in total. The number of hydrogen-bond donors (Lipinski definition) is 1. The highest BCUT2D eigenvalue weighted by molar-refractivity contribution is 6.36. The number of piperidine rings is 1. The Morgan fingerprint density at radius 3 is 2.93 bits per heavy atom. The maximum absolute atomic E-state index is 5.77. The molecule has 0 aromatic carbocycles. The molecule has 1 fully saturated rings. The van der Waals surface area contributed by atoms with Gasteiger partial charge in [-0.25, -0.2) is 0 Å². The summed E-state index contributed by atoms with van der Waals surface area (Å²) in [4.78, 5) is 0. The fourth-order valence-electron chi connectivity index (χ4n) is 1.67. The zero-order chi connectivity index (χ0) is 10.6. The summed E-state index contributed by atoms with van der Waals surface area (Å²) in [5, 5.41) is 3.91. The van der Waals surface area contributed by atoms with Gasteiger partial charge in [-0.05, 0) is 13.0 Å². The molecular weight excluding hydrogens is 221 g/mol. The zero-order valence-electron chi connectivity index (χ0n) is 8.65. The SMILES string of the molecule is CC1(C)CNCCC1OC/C(Cl)=C/Cl. The molecule has 1 aliphatic heterocycles. The Labute approximate surface area is 95.6 Å². The number of ether oxygens (including phenoxy) is 1. The van der Waals surface area contributed by atoms with Gasteiger partial charge in [0.2, 0.25) is 0 Å². The van der Waals surface area contributed by atoms with Gasteiger partial charge < -0.3 is 10.1 Å². The van der Waals surface area contributed by atoms with Crippen molar-refractivity contribution in [1.29, 1.82) is 0 Å². The molecule has 1 atom stereocenters. The predicted octanol–water partition coefficient (Wildman–Crippen LogP) is 2.71. The first-order valence-electron chi connectivity index (χ1n) is 4.83. The van der Waals surface area contributed by atoms with Crippen LogP contribution in [0.5, 0.6) is 0 Å². The van der Waals surface area contributed by atoms with Crippen LogP contribution in [0, 0.1) is 5.41 Å². The minimum Gasteiger partial charge on any atom is -0.372 e. The molecule has 0 spiro atoms. The van der Waals surface area contributed by atoms with Gasteiger partial charge in [-0.2, -0.15) is 0 Å². The fourth-order valence-corrected chi connectivity index (χ4v) is 1.79. The van der Waals surface area contributed by atoms with Crippen LogP contribution in [0.1, 0.15) is 20.3 Å². The van der Waals surface area contributed by atoms with Crippen molar-refractivity contribution < 1.29 is 4.74 Å². The minimum atomic E-state index is 0.168. The smallest absolute Gasteiger partial charge is 0.0835 e. The first kappa shape index (κ1) is 12.3. The molecule has 1 heterocycles. The van der Waals surface area contributed by atoms with Gasteiger partial charge in [-0.1, -0.05) is 37.0 Å². The summed E-state index contributed by atoms with van der Waals surface area (Å²) in [7, 11) is 0. The number of nitrogens with one attached hydrogen (secondary N) is 1. The highest BCUT2D eigenvalue weighted by Gasteiger charge is 2.32. The Hall–Kier alpha value is 0.240. The first-order chi connectivity index (χ1) is 6.56. The molecule has 0 radical (unpaired) electrons. The molecule has 1 saturated heterocycles. The topological polar surface area (TPSA) is 21.3 Å². The van der Waals surface area contributed by atoms with Crippen molar-refractivity contribution in [3.05, 3.63) is 10.6 Å². The number of rotatable bonds is 3. The third kappa shape index (κ3) is 3.43. The average molecular weight is 238 g/mol. The third-order valence-corrected chi connectivity index (χ3v) is 3.17. The quantitative estimate of drug-likeness (QED) is 0.816. The summed E-state index contributed by atoms with van der Waals surface area (Å²) in [5.74, 6) is 0. The average Bonchev–Trinajstić information content (AvgIpc) is 2.15. The lowest BCUT2D eigenvalue weighted by Gasteiger charge is -2.38. The maximum Gasteiger partial charge on any atom is 0.0835 e. The molecule has 1 aliphatic rings. The van der Waals surface area contributed by atoms with E-state index >= 15 is 0 Å². The van der Waals surface area contributed by atoms with Crippen molar-refractivity contribution in [1.82, 2.24) is 5.32 Å². The highest BCUT2D eigenvalue weighted by atomic mass is 35.5. The first-order valence-corrected chi connectivity index (χ1v) is 5.65. The van der Waals surface area contributed by atoms with Crippen LogP contribution in [0.25, 0.3) is 0 Å². The second-order valence-corrected chi connectivity index (χ2v) is 5.01. The summed E-state index contributed by atoms with van der Waals surface area (Å²) in [6, 6.07) is 0. The van der Waals surface area contributed by atoms with Gasteiger partial charge in [0.15, 0.2) is 0 Å². The van der Waals surface area contributed by atoms with E-state index in [1.54, 1.807) is 0 Å². The van der Waals surface area contributed by atoms with Crippen LogP contribution in [-0.2, 0) is 4.74 Å². The van der Waals surface area contributed by atoms with E-state index in [4.69, 9.17) is 27.9 Å². The van der Waals surface area contributed by atoms with Crippen LogP contribution >= 0.6 is 23.2 Å². The van der Waals surface area contributed by atoms with E-state index in [1.165, 1.54) is 5.54 Å². The molecule has 0 bridgehead atoms. The van der Waals surface area contributed by atoms with Gasteiger partial charge in [0.1, 0.15) is 0 Å². The van der Waals surface area contributed by atoms with E-state index in [1.807, 2.05) is 0 Å². The molecule has 0 aromatic heterocycles. The lowest BCUT2D eigenvalue weighted by atomic mass is 9.82. The predicted molar refractivity (Wildman–Crippen MR) is 60.8 cm³/mol. The standard InChI is InChI=1S/C10H17Cl2NO/c1-10(2)7-13-4-3-9(10)14-6-8(12)5-11/h5,9,13H,3-4,6-7H2,1-2H3/b8-5-. The molecule has 4 heteroatoms. The van der Waals surface area contributed by atoms with E-state index in [2.05, 4.69) is 19.2 Å². The van der Waals surface area contributed by atoms with Crippen molar-refractivity contribution in [2.45, 2.75) is 26.4 Å². The van der Waals surface area contributed by atoms with Crippen molar-refractivity contribution in [2.75, 3.05) is 19.7 Å². The van der Waals surface area contributed by atoms with Crippen LogP contribution in [-0.4, -0.2) is 25.8 Å². The summed E-state index contributed by atoms with van der Waals surface area (Å²) in [6.07, 6.45) is 1.29. The monoisotopic (exact) mass is 237 g/mol. The molecule has 1 rings (SSSR count). The molecule has 0 aliphatic carbocycles. The molecule has 82 valence electrons. The van der Waals surface area contributed by atoms with Gasteiger partial charge in [0.05, 0.1) is 17.7 Å². The third-order valence-electron chi connectivity index (χ3n) is 2.58. The molecule has 0 aromatic rings. The van der Waals surface area contributed by atoms with Crippen LogP contribution in [0.15, 0.2) is 10.6 Å². The summed E-state index contributed by atoms with van der Waals surface area (Å²) in [6.45, 7) is 6.81. The lowest BCUT2D eigenvalue weighted by molar-refractivity contribution is -0.0315. The lowest BCUT2D eigenvalue weighted by Crippen LogP contribution is -2.47. The van der Waals surface area contributed by atoms with Crippen LogP contribution in [0.4, 0.5) is 0 Å².